The predicted octanol–water partition coefficient (Wildman–Crippen LogP) is 3.41. The Morgan fingerprint density at radius 1 is 1.08 bits per heavy atom. The van der Waals surface area contributed by atoms with Crippen LogP contribution in [0.25, 0.3) is 0 Å². The minimum absolute atomic E-state index is 0.0547. The van der Waals surface area contributed by atoms with Gasteiger partial charge in [-0.3, -0.25) is 4.90 Å². The Morgan fingerprint density at radius 2 is 1.73 bits per heavy atom. The molecule has 1 aliphatic heterocycles. The van der Waals surface area contributed by atoms with Gasteiger partial charge < -0.3 is 15.4 Å². The first-order chi connectivity index (χ1) is 12.6. The molecule has 1 aliphatic rings. The van der Waals surface area contributed by atoms with Crippen LogP contribution >= 0.6 is 0 Å². The Labute approximate surface area is 153 Å². The molecule has 1 heterocycles. The van der Waals surface area contributed by atoms with Gasteiger partial charge in [-0.1, -0.05) is 30.3 Å². The van der Waals surface area contributed by atoms with Crippen LogP contribution in [0.3, 0.4) is 0 Å². The van der Waals surface area contributed by atoms with Crippen molar-refractivity contribution in [1.82, 2.24) is 10.2 Å². The van der Waals surface area contributed by atoms with E-state index in [4.69, 9.17) is 4.74 Å². The second-order valence-corrected chi connectivity index (χ2v) is 6.40. The van der Waals surface area contributed by atoms with E-state index in [9.17, 15) is 9.18 Å². The van der Waals surface area contributed by atoms with Gasteiger partial charge in [-0.25, -0.2) is 9.18 Å². The van der Waals surface area contributed by atoms with Gasteiger partial charge in [0.1, 0.15) is 5.82 Å². The average molecular weight is 357 g/mol. The van der Waals surface area contributed by atoms with Crippen LogP contribution in [0.15, 0.2) is 54.6 Å². The van der Waals surface area contributed by atoms with Crippen LogP contribution in [0.5, 0.6) is 0 Å². The number of hydrogen-bond acceptors (Lipinski definition) is 3. The van der Waals surface area contributed by atoms with Crippen LogP contribution in [0.4, 0.5) is 14.9 Å². The van der Waals surface area contributed by atoms with Gasteiger partial charge in [-0.2, -0.15) is 0 Å². The van der Waals surface area contributed by atoms with E-state index in [1.807, 2.05) is 25.1 Å². The summed E-state index contributed by atoms with van der Waals surface area (Å²) >= 11 is 0. The highest BCUT2D eigenvalue weighted by atomic mass is 19.1. The normalized spacial score (nSPS) is 17.3. The molecule has 0 bridgehead atoms. The number of morpholine rings is 1. The van der Waals surface area contributed by atoms with Gasteiger partial charge in [0.05, 0.1) is 19.3 Å². The van der Waals surface area contributed by atoms with Gasteiger partial charge in [0.2, 0.25) is 0 Å². The summed E-state index contributed by atoms with van der Waals surface area (Å²) in [5.41, 5.74) is 1.71. The zero-order chi connectivity index (χ0) is 18.4. The summed E-state index contributed by atoms with van der Waals surface area (Å²) in [5, 5.41) is 5.76. The summed E-state index contributed by atoms with van der Waals surface area (Å²) in [5.74, 6) is -0.333. The number of nitrogens with zero attached hydrogens (tertiary/aromatic N) is 1. The van der Waals surface area contributed by atoms with E-state index in [0.717, 1.165) is 18.7 Å². The molecule has 0 aliphatic carbocycles. The second kappa shape index (κ2) is 8.78. The minimum Gasteiger partial charge on any atom is -0.379 e. The van der Waals surface area contributed by atoms with E-state index < -0.39 is 0 Å². The molecular weight excluding hydrogens is 333 g/mol. The molecule has 5 nitrogen and oxygen atoms in total. The number of urea groups is 1. The van der Waals surface area contributed by atoms with E-state index in [1.165, 1.54) is 24.3 Å². The Balaban J connectivity index is 1.69. The largest absolute Gasteiger partial charge is 0.379 e. The Hall–Kier alpha value is -2.44. The minimum atomic E-state index is -0.333. The fourth-order valence-electron chi connectivity index (χ4n) is 3.31. The van der Waals surface area contributed by atoms with E-state index in [1.54, 1.807) is 0 Å². The number of hydrogen-bond donors (Lipinski definition) is 2. The monoisotopic (exact) mass is 357 g/mol. The summed E-state index contributed by atoms with van der Waals surface area (Å²) in [6.07, 6.45) is 0. The molecule has 0 unspecified atom stereocenters. The van der Waals surface area contributed by atoms with E-state index >= 15 is 0 Å². The first-order valence-corrected chi connectivity index (χ1v) is 8.83. The first kappa shape index (κ1) is 18.4. The fraction of sp³-hybridized carbons (Fsp3) is 0.350. The third-order valence-electron chi connectivity index (χ3n) is 4.51. The van der Waals surface area contributed by atoms with Crippen molar-refractivity contribution in [2.24, 2.45) is 0 Å². The molecular formula is C20H24FN3O2. The Bertz CT molecular complexity index is 703. The van der Waals surface area contributed by atoms with Crippen molar-refractivity contribution in [3.05, 3.63) is 66.0 Å². The quantitative estimate of drug-likeness (QED) is 0.862. The summed E-state index contributed by atoms with van der Waals surface area (Å²) in [4.78, 5) is 14.7. The molecule has 3 rings (SSSR count). The molecule has 0 radical (unpaired) electrons. The Morgan fingerprint density at radius 3 is 2.38 bits per heavy atom. The highest BCUT2D eigenvalue weighted by Crippen LogP contribution is 2.25. The summed E-state index contributed by atoms with van der Waals surface area (Å²) in [6.45, 7) is 5.03. The van der Waals surface area contributed by atoms with Gasteiger partial charge in [-0.15, -0.1) is 0 Å². The number of benzene rings is 2. The van der Waals surface area contributed by atoms with E-state index in [-0.39, 0.29) is 23.9 Å². The third kappa shape index (κ3) is 4.80. The highest BCUT2D eigenvalue weighted by molar-refractivity contribution is 5.89. The predicted molar refractivity (Wildman–Crippen MR) is 99.6 cm³/mol. The van der Waals surface area contributed by atoms with Crippen LogP contribution in [0.1, 0.15) is 18.5 Å². The molecule has 138 valence electrons. The van der Waals surface area contributed by atoms with Crippen molar-refractivity contribution in [1.29, 1.82) is 0 Å². The van der Waals surface area contributed by atoms with Gasteiger partial charge in [0.25, 0.3) is 0 Å². The standard InChI is InChI=1S/C20H24FN3O2/c1-15(22-20(25)23-18-9-7-17(21)8-10-18)19(16-5-3-2-4-6-16)24-11-13-26-14-12-24/h2-10,15,19H,11-14H2,1H3,(H2,22,23,25)/t15-,19-/m0/s1. The van der Waals surface area contributed by atoms with Crippen molar-refractivity contribution < 1.29 is 13.9 Å². The zero-order valence-corrected chi connectivity index (χ0v) is 14.8. The molecule has 2 amide bonds. The van der Waals surface area contributed by atoms with Gasteiger partial charge in [0, 0.05) is 24.8 Å². The summed E-state index contributed by atoms with van der Waals surface area (Å²) in [6, 6.07) is 15.5. The molecule has 1 fully saturated rings. The lowest BCUT2D eigenvalue weighted by atomic mass is 9.98. The van der Waals surface area contributed by atoms with Crippen LogP contribution < -0.4 is 10.6 Å². The van der Waals surface area contributed by atoms with Crippen molar-refractivity contribution >= 4 is 11.7 Å². The number of rotatable bonds is 5. The van der Waals surface area contributed by atoms with Crippen LogP contribution in [-0.2, 0) is 4.74 Å². The third-order valence-corrected chi connectivity index (χ3v) is 4.51. The average Bonchev–Trinajstić information content (AvgIpc) is 2.65. The number of anilines is 1. The Kier molecular flexibility index (Phi) is 6.20. The van der Waals surface area contributed by atoms with E-state index in [2.05, 4.69) is 27.7 Å². The van der Waals surface area contributed by atoms with Crippen LogP contribution in [0, 0.1) is 5.82 Å². The second-order valence-electron chi connectivity index (χ2n) is 6.40. The van der Waals surface area contributed by atoms with Gasteiger partial charge in [0.15, 0.2) is 0 Å². The van der Waals surface area contributed by atoms with Gasteiger partial charge >= 0.3 is 6.03 Å². The molecule has 2 N–H and O–H groups in total. The molecule has 0 aromatic heterocycles. The van der Waals surface area contributed by atoms with Crippen molar-refractivity contribution in [3.8, 4) is 0 Å². The summed E-state index contributed by atoms with van der Waals surface area (Å²) < 4.78 is 18.5. The molecule has 0 spiro atoms. The van der Waals surface area contributed by atoms with Crippen LogP contribution in [-0.4, -0.2) is 43.3 Å². The maximum absolute atomic E-state index is 13.0. The molecule has 1 saturated heterocycles. The molecule has 0 saturated carbocycles. The topological polar surface area (TPSA) is 53.6 Å². The lowest BCUT2D eigenvalue weighted by Crippen LogP contribution is -2.49. The maximum atomic E-state index is 13.0. The fourth-order valence-corrected chi connectivity index (χ4v) is 3.31. The van der Waals surface area contributed by atoms with Crippen molar-refractivity contribution in [2.45, 2.75) is 19.0 Å². The zero-order valence-electron chi connectivity index (χ0n) is 14.8. The smallest absolute Gasteiger partial charge is 0.319 e. The number of ether oxygens (including phenoxy) is 1. The number of nitrogens with one attached hydrogen (secondary N) is 2. The van der Waals surface area contributed by atoms with Crippen LogP contribution in [0.2, 0.25) is 0 Å². The molecule has 2 aromatic rings. The first-order valence-electron chi connectivity index (χ1n) is 8.83. The van der Waals surface area contributed by atoms with Gasteiger partial charge in [-0.05, 0) is 36.8 Å². The number of carbonyl (C=O) groups is 1. The maximum Gasteiger partial charge on any atom is 0.319 e. The highest BCUT2D eigenvalue weighted by Gasteiger charge is 2.28. The summed E-state index contributed by atoms with van der Waals surface area (Å²) in [7, 11) is 0. The van der Waals surface area contributed by atoms with Crippen molar-refractivity contribution in [2.75, 3.05) is 31.6 Å². The molecule has 26 heavy (non-hydrogen) atoms. The molecule has 6 heteroatoms. The number of carbonyl (C=O) groups excluding carboxylic acids is 1. The molecule has 2 atom stereocenters. The number of halogens is 1. The molecule has 2 aromatic carbocycles. The van der Waals surface area contributed by atoms with Crippen molar-refractivity contribution in [3.63, 3.8) is 0 Å². The van der Waals surface area contributed by atoms with E-state index in [0.29, 0.717) is 18.9 Å². The lowest BCUT2D eigenvalue weighted by Gasteiger charge is -2.38. The lowest BCUT2D eigenvalue weighted by molar-refractivity contribution is 0.00974. The number of amides is 2. The SMILES string of the molecule is C[C@H](NC(=O)Nc1ccc(F)cc1)[C@@H](c1ccccc1)N1CCOCC1.